The predicted octanol–water partition coefficient (Wildman–Crippen LogP) is 2.83. The fourth-order valence-corrected chi connectivity index (χ4v) is 1.55. The third-order valence-electron chi connectivity index (χ3n) is 2.54. The third kappa shape index (κ3) is 3.22. The van der Waals surface area contributed by atoms with Gasteiger partial charge in [0.1, 0.15) is 23.5 Å². The Morgan fingerprint density at radius 2 is 2.19 bits per heavy atom. The number of halogens is 1. The van der Waals surface area contributed by atoms with Gasteiger partial charge in [0.05, 0.1) is 22.6 Å². The first kappa shape index (κ1) is 14.2. The molecule has 1 N–H and O–H groups in total. The van der Waals surface area contributed by atoms with Crippen LogP contribution in [0.1, 0.15) is 5.56 Å². The molecule has 0 unspecified atom stereocenters. The second-order valence-electron chi connectivity index (χ2n) is 3.91. The SMILES string of the molecule is CNc1cc([N+](=O)[O-])cc(Oc2ccc(C#N)c(F)c2)n1. The summed E-state index contributed by atoms with van der Waals surface area (Å²) >= 11 is 0. The van der Waals surface area contributed by atoms with Crippen molar-refractivity contribution >= 4 is 11.5 Å². The summed E-state index contributed by atoms with van der Waals surface area (Å²) in [5.74, 6) is -0.471. The van der Waals surface area contributed by atoms with Crippen LogP contribution in [0.3, 0.4) is 0 Å². The van der Waals surface area contributed by atoms with Gasteiger partial charge < -0.3 is 10.1 Å². The van der Waals surface area contributed by atoms with Crippen LogP contribution in [0, 0.1) is 27.3 Å². The molecule has 0 amide bonds. The van der Waals surface area contributed by atoms with Crippen molar-refractivity contribution in [1.82, 2.24) is 4.98 Å². The van der Waals surface area contributed by atoms with Gasteiger partial charge in [-0.1, -0.05) is 0 Å². The quantitative estimate of drug-likeness (QED) is 0.685. The molecule has 1 heterocycles. The Labute approximate surface area is 118 Å². The van der Waals surface area contributed by atoms with E-state index >= 15 is 0 Å². The van der Waals surface area contributed by atoms with Crippen molar-refractivity contribution in [2.45, 2.75) is 0 Å². The lowest BCUT2D eigenvalue weighted by Crippen LogP contribution is -1.98. The fourth-order valence-electron chi connectivity index (χ4n) is 1.55. The normalized spacial score (nSPS) is 9.76. The summed E-state index contributed by atoms with van der Waals surface area (Å²) in [5.41, 5.74) is -0.330. The van der Waals surface area contributed by atoms with E-state index in [-0.39, 0.29) is 28.7 Å². The maximum Gasteiger partial charge on any atom is 0.278 e. The molecule has 0 aliphatic heterocycles. The molecule has 1 aromatic carbocycles. The van der Waals surface area contributed by atoms with Gasteiger partial charge >= 0.3 is 0 Å². The number of rotatable bonds is 4. The van der Waals surface area contributed by atoms with E-state index in [1.807, 2.05) is 0 Å². The monoisotopic (exact) mass is 288 g/mol. The predicted molar refractivity (Wildman–Crippen MR) is 71.6 cm³/mol. The van der Waals surface area contributed by atoms with Crippen LogP contribution in [0.5, 0.6) is 11.6 Å². The first-order valence-corrected chi connectivity index (χ1v) is 5.75. The number of ether oxygens (including phenoxy) is 1. The minimum Gasteiger partial charge on any atom is -0.439 e. The van der Waals surface area contributed by atoms with Gasteiger partial charge in [0, 0.05) is 13.1 Å². The van der Waals surface area contributed by atoms with Gasteiger partial charge in [-0.15, -0.1) is 0 Å². The van der Waals surface area contributed by atoms with Crippen molar-refractivity contribution < 1.29 is 14.1 Å². The molecule has 0 saturated carbocycles. The molecule has 21 heavy (non-hydrogen) atoms. The third-order valence-corrected chi connectivity index (χ3v) is 2.54. The van der Waals surface area contributed by atoms with Crippen LogP contribution in [0.15, 0.2) is 30.3 Å². The van der Waals surface area contributed by atoms with Crippen molar-refractivity contribution in [2.75, 3.05) is 12.4 Å². The topological polar surface area (TPSA) is 101 Å². The highest BCUT2D eigenvalue weighted by atomic mass is 19.1. The molecule has 0 radical (unpaired) electrons. The van der Waals surface area contributed by atoms with Crippen LogP contribution >= 0.6 is 0 Å². The molecule has 106 valence electrons. The van der Waals surface area contributed by atoms with Crippen LogP contribution < -0.4 is 10.1 Å². The molecule has 0 aliphatic rings. The van der Waals surface area contributed by atoms with Crippen molar-refractivity contribution in [3.8, 4) is 17.7 Å². The molecular formula is C13H9FN4O3. The molecular weight excluding hydrogens is 279 g/mol. The minimum absolute atomic E-state index is 0.0577. The number of anilines is 1. The number of nitriles is 1. The van der Waals surface area contributed by atoms with Crippen molar-refractivity contribution in [1.29, 1.82) is 5.26 Å². The summed E-state index contributed by atoms with van der Waals surface area (Å²) in [6.07, 6.45) is 0. The summed E-state index contributed by atoms with van der Waals surface area (Å²) in [6, 6.07) is 7.69. The molecule has 0 aliphatic carbocycles. The van der Waals surface area contributed by atoms with Crippen molar-refractivity contribution in [3.63, 3.8) is 0 Å². The number of nitrogens with zero attached hydrogens (tertiary/aromatic N) is 3. The van der Waals surface area contributed by atoms with Gasteiger partial charge in [-0.05, 0) is 12.1 Å². The summed E-state index contributed by atoms with van der Waals surface area (Å²) in [5, 5.41) is 22.1. The average Bonchev–Trinajstić information content (AvgIpc) is 2.47. The van der Waals surface area contributed by atoms with Crippen molar-refractivity contribution in [3.05, 3.63) is 51.8 Å². The van der Waals surface area contributed by atoms with E-state index in [1.54, 1.807) is 13.1 Å². The first-order valence-electron chi connectivity index (χ1n) is 5.75. The summed E-state index contributed by atoms with van der Waals surface area (Å²) in [4.78, 5) is 14.2. The Hall–Kier alpha value is -3.21. The van der Waals surface area contributed by atoms with Crippen LogP contribution in [0.2, 0.25) is 0 Å². The number of pyridine rings is 1. The van der Waals surface area contributed by atoms with Gasteiger partial charge in [0.25, 0.3) is 5.69 Å². The lowest BCUT2D eigenvalue weighted by molar-refractivity contribution is -0.384. The number of nitro groups is 1. The largest absolute Gasteiger partial charge is 0.439 e. The van der Waals surface area contributed by atoms with E-state index in [0.717, 1.165) is 12.1 Å². The lowest BCUT2D eigenvalue weighted by Gasteiger charge is -2.07. The van der Waals surface area contributed by atoms with Crippen LogP contribution in [0.25, 0.3) is 0 Å². The first-order chi connectivity index (χ1) is 10.0. The van der Waals surface area contributed by atoms with E-state index in [4.69, 9.17) is 10.00 Å². The van der Waals surface area contributed by atoms with Crippen LogP contribution in [0.4, 0.5) is 15.9 Å². The zero-order valence-corrected chi connectivity index (χ0v) is 10.8. The molecule has 0 fully saturated rings. The Morgan fingerprint density at radius 3 is 2.76 bits per heavy atom. The number of benzene rings is 1. The Balaban J connectivity index is 2.35. The smallest absolute Gasteiger partial charge is 0.278 e. The second kappa shape index (κ2) is 5.83. The Morgan fingerprint density at radius 1 is 1.43 bits per heavy atom. The molecule has 7 nitrogen and oxygen atoms in total. The van der Waals surface area contributed by atoms with Gasteiger partial charge in [-0.2, -0.15) is 10.2 Å². The standard InChI is InChI=1S/C13H9FN4O3/c1-16-12-4-9(18(19)20)5-13(17-12)21-10-3-2-8(7-15)11(14)6-10/h2-6H,1H3,(H,16,17). The molecule has 8 heteroatoms. The molecule has 0 saturated heterocycles. The van der Waals surface area contributed by atoms with Gasteiger partial charge in [-0.3, -0.25) is 10.1 Å². The van der Waals surface area contributed by atoms with Gasteiger partial charge in [-0.25, -0.2) is 4.39 Å². The van der Waals surface area contributed by atoms with E-state index in [2.05, 4.69) is 10.3 Å². The summed E-state index contributed by atoms with van der Waals surface area (Å²) in [6.45, 7) is 0. The summed E-state index contributed by atoms with van der Waals surface area (Å²) in [7, 11) is 1.55. The van der Waals surface area contributed by atoms with E-state index in [1.165, 1.54) is 18.2 Å². The zero-order chi connectivity index (χ0) is 15.4. The Bertz CT molecular complexity index is 743. The number of nitrogens with one attached hydrogen (secondary N) is 1. The molecule has 0 atom stereocenters. The van der Waals surface area contributed by atoms with Gasteiger partial charge in [0.15, 0.2) is 0 Å². The zero-order valence-electron chi connectivity index (χ0n) is 10.8. The average molecular weight is 288 g/mol. The summed E-state index contributed by atoms with van der Waals surface area (Å²) < 4.78 is 18.7. The maximum atomic E-state index is 13.5. The number of hydrogen-bond acceptors (Lipinski definition) is 6. The number of aromatic nitrogens is 1. The molecule has 1 aromatic heterocycles. The van der Waals surface area contributed by atoms with Crippen LogP contribution in [-0.2, 0) is 0 Å². The molecule has 2 aromatic rings. The second-order valence-corrected chi connectivity index (χ2v) is 3.91. The molecule has 0 spiro atoms. The van der Waals surface area contributed by atoms with Crippen molar-refractivity contribution in [2.24, 2.45) is 0 Å². The van der Waals surface area contributed by atoms with E-state index in [0.29, 0.717) is 0 Å². The van der Waals surface area contributed by atoms with E-state index < -0.39 is 10.7 Å². The lowest BCUT2D eigenvalue weighted by atomic mass is 10.2. The number of hydrogen-bond donors (Lipinski definition) is 1. The molecule has 0 bridgehead atoms. The minimum atomic E-state index is -0.741. The van der Waals surface area contributed by atoms with E-state index in [9.17, 15) is 14.5 Å². The van der Waals surface area contributed by atoms with Crippen LogP contribution in [-0.4, -0.2) is 17.0 Å². The highest BCUT2D eigenvalue weighted by molar-refractivity contribution is 5.49. The Kier molecular flexibility index (Phi) is 3.95. The maximum absolute atomic E-state index is 13.5. The highest BCUT2D eigenvalue weighted by Gasteiger charge is 2.13. The van der Waals surface area contributed by atoms with Gasteiger partial charge in [0.2, 0.25) is 5.88 Å². The fraction of sp³-hybridized carbons (Fsp3) is 0.0769. The highest BCUT2D eigenvalue weighted by Crippen LogP contribution is 2.27. The molecule has 2 rings (SSSR count).